The Balaban J connectivity index is 0.000000720. The fourth-order valence-corrected chi connectivity index (χ4v) is 1.51. The molecule has 0 spiro atoms. The maximum Gasteiger partial charge on any atom is 0.123 e. The van der Waals surface area contributed by atoms with Gasteiger partial charge in [0.25, 0.3) is 0 Å². The molecule has 3 nitrogen and oxygen atoms in total. The van der Waals surface area contributed by atoms with E-state index in [2.05, 4.69) is 4.98 Å². The molecule has 0 fully saturated rings. The molecule has 1 aliphatic rings. The number of nitrogens with two attached hydrogens (primary N) is 2. The zero-order valence-electron chi connectivity index (χ0n) is 7.06. The lowest BCUT2D eigenvalue weighted by Crippen LogP contribution is -2.05. The normalized spacial score (nSPS) is 18.4. The Labute approximate surface area is 89.7 Å². The second kappa shape index (κ2) is 4.65. The second-order valence-corrected chi connectivity index (χ2v) is 2.92. The van der Waals surface area contributed by atoms with E-state index in [0.717, 1.165) is 18.5 Å². The molecule has 1 aliphatic carbocycles. The smallest absolute Gasteiger partial charge is 0.123 e. The minimum absolute atomic E-state index is 0. The quantitative estimate of drug-likeness (QED) is 0.698. The SMILES string of the molecule is Cl.Cl.Nc1ccc2c(n1)CC[C@H]2N. The maximum absolute atomic E-state index is 5.82. The first-order valence-corrected chi connectivity index (χ1v) is 3.78. The highest BCUT2D eigenvalue weighted by atomic mass is 35.5. The van der Waals surface area contributed by atoms with E-state index >= 15 is 0 Å². The van der Waals surface area contributed by atoms with Crippen molar-refractivity contribution in [2.45, 2.75) is 18.9 Å². The highest BCUT2D eigenvalue weighted by molar-refractivity contribution is 5.85. The molecule has 13 heavy (non-hydrogen) atoms. The van der Waals surface area contributed by atoms with Crippen molar-refractivity contribution in [3.8, 4) is 0 Å². The summed E-state index contributed by atoms with van der Waals surface area (Å²) in [6, 6.07) is 3.97. The number of aryl methyl sites for hydroxylation is 1. The number of rotatable bonds is 0. The number of pyridine rings is 1. The van der Waals surface area contributed by atoms with E-state index in [-0.39, 0.29) is 30.9 Å². The van der Waals surface area contributed by atoms with Gasteiger partial charge in [-0.05, 0) is 24.5 Å². The molecule has 74 valence electrons. The topological polar surface area (TPSA) is 64.9 Å². The number of halogens is 2. The third-order valence-electron chi connectivity index (χ3n) is 2.12. The van der Waals surface area contributed by atoms with E-state index < -0.39 is 0 Å². The van der Waals surface area contributed by atoms with Gasteiger partial charge in [0, 0.05) is 11.7 Å². The summed E-state index contributed by atoms with van der Waals surface area (Å²) in [7, 11) is 0. The van der Waals surface area contributed by atoms with E-state index in [9.17, 15) is 0 Å². The lowest BCUT2D eigenvalue weighted by atomic mass is 10.2. The molecular formula is C8H13Cl2N3. The van der Waals surface area contributed by atoms with Crippen molar-refractivity contribution in [3.05, 3.63) is 23.4 Å². The Morgan fingerprint density at radius 1 is 1.31 bits per heavy atom. The van der Waals surface area contributed by atoms with Gasteiger partial charge >= 0.3 is 0 Å². The average Bonchev–Trinajstić information content (AvgIpc) is 2.32. The predicted octanol–water partition coefficient (Wildman–Crippen LogP) is 1.45. The first-order valence-electron chi connectivity index (χ1n) is 3.78. The van der Waals surface area contributed by atoms with Gasteiger partial charge in [-0.15, -0.1) is 24.8 Å². The lowest BCUT2D eigenvalue weighted by molar-refractivity contribution is 0.712. The molecule has 0 amide bonds. The summed E-state index contributed by atoms with van der Waals surface area (Å²) in [6.45, 7) is 0. The van der Waals surface area contributed by atoms with E-state index in [1.165, 1.54) is 5.56 Å². The van der Waals surface area contributed by atoms with E-state index in [4.69, 9.17) is 11.5 Å². The van der Waals surface area contributed by atoms with E-state index in [0.29, 0.717) is 5.82 Å². The minimum Gasteiger partial charge on any atom is -0.384 e. The van der Waals surface area contributed by atoms with Crippen molar-refractivity contribution in [1.29, 1.82) is 0 Å². The fraction of sp³-hybridized carbons (Fsp3) is 0.375. The first kappa shape index (κ1) is 12.5. The number of nitrogen functional groups attached to an aromatic ring is 1. The Morgan fingerprint density at radius 2 is 2.00 bits per heavy atom. The van der Waals surface area contributed by atoms with Crippen molar-refractivity contribution in [2.75, 3.05) is 5.73 Å². The van der Waals surface area contributed by atoms with Crippen LogP contribution in [0.5, 0.6) is 0 Å². The third kappa shape index (κ3) is 2.24. The highest BCUT2D eigenvalue weighted by Gasteiger charge is 2.19. The molecule has 0 bridgehead atoms. The van der Waals surface area contributed by atoms with Crippen molar-refractivity contribution in [2.24, 2.45) is 5.73 Å². The molecule has 1 atom stereocenters. The van der Waals surface area contributed by atoms with Crippen LogP contribution in [0.25, 0.3) is 0 Å². The zero-order valence-corrected chi connectivity index (χ0v) is 8.70. The van der Waals surface area contributed by atoms with Crippen LogP contribution in [0.15, 0.2) is 12.1 Å². The van der Waals surface area contributed by atoms with Crippen LogP contribution in [0.1, 0.15) is 23.7 Å². The van der Waals surface area contributed by atoms with Crippen LogP contribution in [0, 0.1) is 0 Å². The molecule has 0 aromatic carbocycles. The van der Waals surface area contributed by atoms with Crippen LogP contribution in [-0.2, 0) is 6.42 Å². The molecule has 1 aromatic heterocycles. The van der Waals surface area contributed by atoms with Gasteiger partial charge in [0.2, 0.25) is 0 Å². The van der Waals surface area contributed by atoms with Crippen molar-refractivity contribution in [3.63, 3.8) is 0 Å². The first-order chi connectivity index (χ1) is 5.27. The van der Waals surface area contributed by atoms with Crippen LogP contribution in [-0.4, -0.2) is 4.98 Å². The largest absolute Gasteiger partial charge is 0.384 e. The fourth-order valence-electron chi connectivity index (χ4n) is 1.51. The maximum atomic E-state index is 5.82. The monoisotopic (exact) mass is 221 g/mol. The molecule has 0 radical (unpaired) electrons. The summed E-state index contributed by atoms with van der Waals surface area (Å²) >= 11 is 0. The van der Waals surface area contributed by atoms with Crippen LogP contribution in [0.2, 0.25) is 0 Å². The van der Waals surface area contributed by atoms with Crippen LogP contribution >= 0.6 is 24.8 Å². The Morgan fingerprint density at radius 3 is 2.69 bits per heavy atom. The summed E-state index contributed by atoms with van der Waals surface area (Å²) in [4.78, 5) is 4.20. The summed E-state index contributed by atoms with van der Waals surface area (Å²) in [5.74, 6) is 0.595. The summed E-state index contributed by atoms with van der Waals surface area (Å²) in [5, 5.41) is 0. The van der Waals surface area contributed by atoms with Gasteiger partial charge in [0.15, 0.2) is 0 Å². The molecule has 0 unspecified atom stereocenters. The average molecular weight is 222 g/mol. The van der Waals surface area contributed by atoms with Gasteiger partial charge in [-0.25, -0.2) is 4.98 Å². The number of aromatic nitrogens is 1. The standard InChI is InChI=1S/C8H11N3.2ClH/c9-6-2-3-7-5(6)1-4-8(10)11-7;;/h1,4,6H,2-3,9H2,(H2,10,11);2*1H/t6-;;/m1../s1. The van der Waals surface area contributed by atoms with Gasteiger partial charge in [0.05, 0.1) is 0 Å². The number of hydrogen-bond acceptors (Lipinski definition) is 3. The van der Waals surface area contributed by atoms with E-state index in [1.54, 1.807) is 0 Å². The molecule has 1 aromatic rings. The van der Waals surface area contributed by atoms with Gasteiger partial charge in [-0.3, -0.25) is 0 Å². The molecular weight excluding hydrogens is 209 g/mol. The predicted molar refractivity (Wildman–Crippen MR) is 58.4 cm³/mol. The highest BCUT2D eigenvalue weighted by Crippen LogP contribution is 2.27. The summed E-state index contributed by atoms with van der Waals surface area (Å²) in [6.07, 6.45) is 1.98. The number of nitrogens with zero attached hydrogens (tertiary/aromatic N) is 1. The number of fused-ring (bicyclic) bond motifs is 1. The molecule has 0 aliphatic heterocycles. The molecule has 4 N–H and O–H groups in total. The lowest BCUT2D eigenvalue weighted by Gasteiger charge is -2.02. The van der Waals surface area contributed by atoms with Crippen molar-refractivity contribution < 1.29 is 0 Å². The van der Waals surface area contributed by atoms with Crippen LogP contribution < -0.4 is 11.5 Å². The third-order valence-corrected chi connectivity index (χ3v) is 2.12. The molecule has 0 saturated heterocycles. The van der Waals surface area contributed by atoms with Gasteiger partial charge in [0.1, 0.15) is 5.82 Å². The molecule has 1 heterocycles. The second-order valence-electron chi connectivity index (χ2n) is 2.92. The Kier molecular flexibility index (Phi) is 4.47. The van der Waals surface area contributed by atoms with Gasteiger partial charge in [-0.1, -0.05) is 6.07 Å². The molecule has 2 rings (SSSR count). The van der Waals surface area contributed by atoms with Crippen molar-refractivity contribution in [1.82, 2.24) is 4.98 Å². The van der Waals surface area contributed by atoms with Crippen LogP contribution in [0.4, 0.5) is 5.82 Å². The Hall–Kier alpha value is -0.510. The Bertz CT molecular complexity index is 291. The number of anilines is 1. The summed E-state index contributed by atoms with van der Waals surface area (Å²) < 4.78 is 0. The van der Waals surface area contributed by atoms with Gasteiger partial charge < -0.3 is 11.5 Å². The van der Waals surface area contributed by atoms with E-state index in [1.807, 2.05) is 12.1 Å². The zero-order chi connectivity index (χ0) is 7.84. The minimum atomic E-state index is 0. The molecule has 0 saturated carbocycles. The van der Waals surface area contributed by atoms with Crippen molar-refractivity contribution >= 4 is 30.6 Å². The molecule has 5 heteroatoms. The van der Waals surface area contributed by atoms with Gasteiger partial charge in [-0.2, -0.15) is 0 Å². The number of hydrogen-bond donors (Lipinski definition) is 2. The summed E-state index contributed by atoms with van der Waals surface area (Å²) in [5.41, 5.74) is 13.6. The van der Waals surface area contributed by atoms with Crippen LogP contribution in [0.3, 0.4) is 0 Å².